The number of likely N-dealkylation sites (N-methyl/N-ethyl adjacent to an activating group) is 1. The molecule has 1 aromatic rings. The molecule has 18 heavy (non-hydrogen) atoms. The number of nitrogens with zero attached hydrogens (tertiary/aromatic N) is 2. The second kappa shape index (κ2) is 5.03. The van der Waals surface area contributed by atoms with Crippen LogP contribution in [-0.4, -0.2) is 43.6 Å². The molecule has 0 aromatic heterocycles. The Kier molecular flexibility index (Phi) is 3.45. The maximum Gasteiger partial charge on any atom is 0.323 e. The number of carboxylic acids is 1. The molecule has 96 valence electrons. The van der Waals surface area contributed by atoms with Crippen molar-refractivity contribution in [3.05, 3.63) is 29.6 Å². The molecule has 1 aliphatic rings. The van der Waals surface area contributed by atoms with E-state index in [1.807, 2.05) is 0 Å². The molecule has 0 fully saturated rings. The fourth-order valence-electron chi connectivity index (χ4n) is 1.84. The zero-order chi connectivity index (χ0) is 13.1. The summed E-state index contributed by atoms with van der Waals surface area (Å²) in [4.78, 5) is 16.1. The number of aliphatic imine (C=N–C) groups is 1. The molecule has 1 heterocycles. The standard InChI is InChI=1S/C12H14FN3O2/c1-16(7-11(17)18)10-3-2-8(6-9(10)13)12-14-4-5-15-12/h2-3,6H,4-5,7H2,1H3,(H,14,15)(H,17,18). The van der Waals surface area contributed by atoms with Crippen LogP contribution in [0, 0.1) is 5.82 Å². The number of anilines is 1. The number of carbonyl (C=O) groups is 1. The third-order valence-electron chi connectivity index (χ3n) is 2.68. The molecule has 0 saturated heterocycles. The van der Waals surface area contributed by atoms with Crippen molar-refractivity contribution in [1.29, 1.82) is 0 Å². The third-order valence-corrected chi connectivity index (χ3v) is 2.68. The molecule has 0 aliphatic carbocycles. The Hall–Kier alpha value is -2.11. The van der Waals surface area contributed by atoms with E-state index in [2.05, 4.69) is 10.3 Å². The topological polar surface area (TPSA) is 64.9 Å². The molecule has 0 radical (unpaired) electrons. The minimum absolute atomic E-state index is 0.241. The number of halogens is 1. The van der Waals surface area contributed by atoms with Crippen LogP contribution in [0.25, 0.3) is 0 Å². The van der Waals surface area contributed by atoms with E-state index in [-0.39, 0.29) is 12.2 Å². The first-order valence-corrected chi connectivity index (χ1v) is 5.59. The highest BCUT2D eigenvalue weighted by molar-refractivity contribution is 6.00. The summed E-state index contributed by atoms with van der Waals surface area (Å²) >= 11 is 0. The van der Waals surface area contributed by atoms with Gasteiger partial charge in [-0.25, -0.2) is 4.39 Å². The maximum absolute atomic E-state index is 13.9. The summed E-state index contributed by atoms with van der Waals surface area (Å²) < 4.78 is 13.9. The summed E-state index contributed by atoms with van der Waals surface area (Å²) in [6.45, 7) is 1.21. The lowest BCUT2D eigenvalue weighted by molar-refractivity contribution is -0.135. The van der Waals surface area contributed by atoms with Crippen LogP contribution < -0.4 is 10.2 Å². The fourth-order valence-corrected chi connectivity index (χ4v) is 1.84. The molecule has 6 heteroatoms. The first-order chi connectivity index (χ1) is 8.58. The second-order valence-electron chi connectivity index (χ2n) is 4.07. The van der Waals surface area contributed by atoms with Gasteiger partial charge in [-0.15, -0.1) is 0 Å². The van der Waals surface area contributed by atoms with Gasteiger partial charge in [0.2, 0.25) is 0 Å². The zero-order valence-corrected chi connectivity index (χ0v) is 9.98. The van der Waals surface area contributed by atoms with Gasteiger partial charge in [-0.3, -0.25) is 9.79 Å². The number of aliphatic carboxylic acids is 1. The monoisotopic (exact) mass is 251 g/mol. The van der Waals surface area contributed by atoms with Crippen molar-refractivity contribution in [3.8, 4) is 0 Å². The highest BCUT2D eigenvalue weighted by Gasteiger charge is 2.14. The number of carboxylic acid groups (broad SMARTS) is 1. The van der Waals surface area contributed by atoms with Gasteiger partial charge in [0.05, 0.1) is 12.2 Å². The molecular formula is C12H14FN3O2. The van der Waals surface area contributed by atoms with Crippen molar-refractivity contribution in [2.75, 3.05) is 31.6 Å². The summed E-state index contributed by atoms with van der Waals surface area (Å²) in [5.74, 6) is -0.767. The maximum atomic E-state index is 13.9. The van der Waals surface area contributed by atoms with Gasteiger partial charge in [-0.1, -0.05) is 0 Å². The van der Waals surface area contributed by atoms with Crippen LogP contribution >= 0.6 is 0 Å². The minimum Gasteiger partial charge on any atom is -0.480 e. The van der Waals surface area contributed by atoms with Crippen LogP contribution in [-0.2, 0) is 4.79 Å². The summed E-state index contributed by atoms with van der Waals surface area (Å²) in [5.41, 5.74) is 0.942. The van der Waals surface area contributed by atoms with E-state index in [0.717, 1.165) is 6.54 Å². The first-order valence-electron chi connectivity index (χ1n) is 5.59. The predicted octanol–water partition coefficient (Wildman–Crippen LogP) is 0.696. The van der Waals surface area contributed by atoms with Crippen molar-refractivity contribution in [2.24, 2.45) is 4.99 Å². The summed E-state index contributed by atoms with van der Waals surface area (Å²) in [7, 11) is 1.54. The molecule has 0 spiro atoms. The molecule has 0 bridgehead atoms. The lowest BCUT2D eigenvalue weighted by atomic mass is 10.1. The van der Waals surface area contributed by atoms with Gasteiger partial charge in [0.15, 0.2) is 0 Å². The molecule has 0 saturated carbocycles. The number of hydrogen-bond acceptors (Lipinski definition) is 4. The molecule has 5 nitrogen and oxygen atoms in total. The molecule has 1 aliphatic heterocycles. The van der Waals surface area contributed by atoms with Crippen LogP contribution in [0.15, 0.2) is 23.2 Å². The van der Waals surface area contributed by atoms with Gasteiger partial charge in [0, 0.05) is 19.2 Å². The highest BCUT2D eigenvalue weighted by atomic mass is 19.1. The SMILES string of the molecule is CN(CC(=O)O)c1ccc(C2=NCCN2)cc1F. The van der Waals surface area contributed by atoms with E-state index < -0.39 is 11.8 Å². The molecule has 2 rings (SSSR count). The Balaban J connectivity index is 2.22. The normalized spacial score (nSPS) is 14.0. The lowest BCUT2D eigenvalue weighted by Gasteiger charge is -2.18. The zero-order valence-electron chi connectivity index (χ0n) is 9.98. The largest absolute Gasteiger partial charge is 0.480 e. The fraction of sp³-hybridized carbons (Fsp3) is 0.333. The average Bonchev–Trinajstić information content (AvgIpc) is 2.80. The van der Waals surface area contributed by atoms with Crippen molar-refractivity contribution >= 4 is 17.5 Å². The molecule has 2 N–H and O–H groups in total. The summed E-state index contributed by atoms with van der Waals surface area (Å²) in [5, 5.41) is 11.7. The van der Waals surface area contributed by atoms with Crippen molar-refractivity contribution in [1.82, 2.24) is 5.32 Å². The number of amidine groups is 1. The van der Waals surface area contributed by atoms with Gasteiger partial charge in [0.1, 0.15) is 18.2 Å². The van der Waals surface area contributed by atoms with Crippen molar-refractivity contribution in [3.63, 3.8) is 0 Å². The van der Waals surface area contributed by atoms with Crippen LogP contribution in [0.3, 0.4) is 0 Å². The number of rotatable bonds is 4. The third kappa shape index (κ3) is 2.58. The van der Waals surface area contributed by atoms with E-state index in [0.29, 0.717) is 17.9 Å². The average molecular weight is 251 g/mol. The van der Waals surface area contributed by atoms with Crippen molar-refractivity contribution in [2.45, 2.75) is 0 Å². The van der Waals surface area contributed by atoms with Crippen LogP contribution in [0.2, 0.25) is 0 Å². The molecular weight excluding hydrogens is 237 g/mol. The van der Waals surface area contributed by atoms with Gasteiger partial charge >= 0.3 is 5.97 Å². The number of hydrogen-bond donors (Lipinski definition) is 2. The molecule has 0 atom stereocenters. The van der Waals surface area contributed by atoms with Crippen LogP contribution in [0.1, 0.15) is 5.56 Å². The van der Waals surface area contributed by atoms with Crippen LogP contribution in [0.5, 0.6) is 0 Å². The molecule has 0 unspecified atom stereocenters. The van der Waals surface area contributed by atoms with Gasteiger partial charge in [-0.2, -0.15) is 0 Å². The Morgan fingerprint density at radius 1 is 1.61 bits per heavy atom. The Bertz CT molecular complexity index is 502. The van der Waals surface area contributed by atoms with Gasteiger partial charge in [-0.05, 0) is 18.2 Å². The Morgan fingerprint density at radius 3 is 2.94 bits per heavy atom. The summed E-state index contributed by atoms with van der Waals surface area (Å²) in [6, 6.07) is 4.66. The summed E-state index contributed by atoms with van der Waals surface area (Å²) in [6.07, 6.45) is 0. The highest BCUT2D eigenvalue weighted by Crippen LogP contribution is 2.19. The molecule has 0 amide bonds. The van der Waals surface area contributed by atoms with Gasteiger partial charge < -0.3 is 15.3 Å². The quantitative estimate of drug-likeness (QED) is 0.826. The van der Waals surface area contributed by atoms with Crippen LogP contribution in [0.4, 0.5) is 10.1 Å². The van der Waals surface area contributed by atoms with E-state index in [4.69, 9.17) is 5.11 Å². The van der Waals surface area contributed by atoms with E-state index in [9.17, 15) is 9.18 Å². The first kappa shape index (κ1) is 12.3. The van der Waals surface area contributed by atoms with Gasteiger partial charge in [0.25, 0.3) is 0 Å². The van der Waals surface area contributed by atoms with Crippen molar-refractivity contribution < 1.29 is 14.3 Å². The molecule has 1 aromatic carbocycles. The second-order valence-corrected chi connectivity index (χ2v) is 4.07. The number of benzene rings is 1. The lowest BCUT2D eigenvalue weighted by Crippen LogP contribution is -2.26. The smallest absolute Gasteiger partial charge is 0.323 e. The minimum atomic E-state index is -0.997. The van der Waals surface area contributed by atoms with E-state index >= 15 is 0 Å². The van der Waals surface area contributed by atoms with E-state index in [1.165, 1.54) is 18.0 Å². The predicted molar refractivity (Wildman–Crippen MR) is 66.7 cm³/mol. The van der Waals surface area contributed by atoms with E-state index in [1.54, 1.807) is 12.1 Å². The number of nitrogens with one attached hydrogen (secondary N) is 1. The Labute approximate surface area is 104 Å². The Morgan fingerprint density at radius 2 is 2.39 bits per heavy atom.